The molecule has 6 heteroatoms. The Bertz CT molecular complexity index is 1280. The topological polar surface area (TPSA) is 95.9 Å². The lowest BCUT2D eigenvalue weighted by Crippen LogP contribution is -2.45. The number of rotatable bonds is 71. The number of aliphatic hydroxyl groups excluding tert-OH is 2. The number of carbonyl (C=O) groups excluding carboxylic acids is 2. The second-order valence-electron chi connectivity index (χ2n) is 26.0. The SMILES string of the molecule is CCCCC/C=C\C/C=C\CCCCCCCCCC(=O)OCCCCCCCCCCCCCCCCCCCCCCCCCCCCCCCCCC(=O)NC(CO)C(O)CCCCCCCCCCCCCCCCCCC. The monoisotopic (exact) mass is 1150 g/mol. The summed E-state index contributed by atoms with van der Waals surface area (Å²) in [6.45, 7) is 4.97. The van der Waals surface area contributed by atoms with Crippen molar-refractivity contribution in [3.63, 3.8) is 0 Å². The first kappa shape index (κ1) is 80.3. The molecule has 2 atom stereocenters. The highest BCUT2D eigenvalue weighted by Crippen LogP contribution is 2.20. The van der Waals surface area contributed by atoms with Gasteiger partial charge in [0.1, 0.15) is 0 Å². The molecule has 0 aliphatic heterocycles. The standard InChI is InChI=1S/C76H147NO5/c1-3-5-7-9-11-13-15-17-19-36-40-44-48-52-56-60-64-68-74(79)73(72-78)77-75(80)69-65-61-57-53-49-45-41-38-34-32-30-28-26-24-22-21-23-25-27-29-31-33-35-39-43-47-51-55-59-63-67-71-82-76(81)70-66-62-58-54-50-46-42-37-20-18-16-14-12-10-8-6-4-2/h12,14,18,20,73-74,78-79H,3-11,13,15-17,19,21-72H2,1-2H3,(H,77,80)/b14-12-,20-18-. The van der Waals surface area contributed by atoms with Crippen LogP contribution >= 0.6 is 0 Å². The van der Waals surface area contributed by atoms with Crippen molar-refractivity contribution in [1.29, 1.82) is 0 Å². The van der Waals surface area contributed by atoms with Gasteiger partial charge in [-0.3, -0.25) is 9.59 Å². The van der Waals surface area contributed by atoms with E-state index in [9.17, 15) is 19.8 Å². The maximum absolute atomic E-state index is 12.5. The minimum absolute atomic E-state index is 0.0137. The molecular formula is C76H147NO5. The van der Waals surface area contributed by atoms with Gasteiger partial charge in [0, 0.05) is 12.8 Å². The summed E-state index contributed by atoms with van der Waals surface area (Å²) in [6, 6.07) is -0.538. The van der Waals surface area contributed by atoms with Crippen LogP contribution in [0.25, 0.3) is 0 Å². The number of ether oxygens (including phenoxy) is 1. The summed E-state index contributed by atoms with van der Waals surface area (Å²) in [4.78, 5) is 24.6. The van der Waals surface area contributed by atoms with E-state index >= 15 is 0 Å². The summed E-state index contributed by atoms with van der Waals surface area (Å²) in [5.41, 5.74) is 0. The van der Waals surface area contributed by atoms with Crippen LogP contribution in [-0.2, 0) is 14.3 Å². The smallest absolute Gasteiger partial charge is 0.305 e. The average Bonchev–Trinajstić information content (AvgIpc) is 3.48. The molecule has 0 bridgehead atoms. The third-order valence-electron chi connectivity index (χ3n) is 17.8. The minimum atomic E-state index is -0.661. The van der Waals surface area contributed by atoms with E-state index in [1.165, 1.54) is 340 Å². The van der Waals surface area contributed by atoms with Crippen LogP contribution in [0.1, 0.15) is 425 Å². The predicted octanol–water partition coefficient (Wildman–Crippen LogP) is 24.5. The Balaban J connectivity index is 3.32. The molecule has 486 valence electrons. The fraction of sp³-hybridized carbons (Fsp3) is 0.921. The van der Waals surface area contributed by atoms with Crippen molar-refractivity contribution in [2.24, 2.45) is 0 Å². The zero-order chi connectivity index (χ0) is 59.2. The van der Waals surface area contributed by atoms with E-state index in [1.54, 1.807) is 0 Å². The van der Waals surface area contributed by atoms with E-state index in [2.05, 4.69) is 43.5 Å². The number of unbranched alkanes of at least 4 members (excludes halogenated alkanes) is 56. The molecule has 2 unspecified atom stereocenters. The quantitative estimate of drug-likeness (QED) is 0.0320. The molecule has 0 aromatic carbocycles. The summed E-state index contributed by atoms with van der Waals surface area (Å²) in [6.07, 6.45) is 91.1. The van der Waals surface area contributed by atoms with Gasteiger partial charge in [0.15, 0.2) is 0 Å². The fourth-order valence-corrected chi connectivity index (χ4v) is 12.0. The van der Waals surface area contributed by atoms with Gasteiger partial charge in [0.2, 0.25) is 5.91 Å². The van der Waals surface area contributed by atoms with Crippen LogP contribution in [0, 0.1) is 0 Å². The zero-order valence-corrected chi connectivity index (χ0v) is 55.8. The van der Waals surface area contributed by atoms with Gasteiger partial charge in [0.05, 0.1) is 25.4 Å². The lowest BCUT2D eigenvalue weighted by atomic mass is 10.0. The Kier molecular flexibility index (Phi) is 70.4. The Morgan fingerprint density at radius 2 is 0.610 bits per heavy atom. The van der Waals surface area contributed by atoms with Crippen LogP contribution < -0.4 is 5.32 Å². The normalized spacial score (nSPS) is 12.6. The first-order chi connectivity index (χ1) is 40.5. The lowest BCUT2D eigenvalue weighted by molar-refractivity contribution is -0.143. The highest BCUT2D eigenvalue weighted by Gasteiger charge is 2.20. The average molecular weight is 1160 g/mol. The Morgan fingerprint density at radius 1 is 0.341 bits per heavy atom. The third-order valence-corrected chi connectivity index (χ3v) is 17.8. The van der Waals surface area contributed by atoms with Crippen molar-refractivity contribution in [2.45, 2.75) is 437 Å². The molecule has 0 heterocycles. The molecular weight excluding hydrogens is 1010 g/mol. The van der Waals surface area contributed by atoms with Gasteiger partial charge < -0.3 is 20.3 Å². The number of aliphatic hydroxyl groups is 2. The maximum Gasteiger partial charge on any atom is 0.305 e. The van der Waals surface area contributed by atoms with Gasteiger partial charge in [-0.25, -0.2) is 0 Å². The number of amides is 1. The number of carbonyl (C=O) groups is 2. The summed E-state index contributed by atoms with van der Waals surface area (Å²) >= 11 is 0. The molecule has 0 saturated heterocycles. The molecule has 82 heavy (non-hydrogen) atoms. The number of nitrogens with one attached hydrogen (secondary N) is 1. The van der Waals surface area contributed by atoms with Crippen molar-refractivity contribution in [1.82, 2.24) is 5.32 Å². The Hall–Kier alpha value is -1.66. The molecule has 0 radical (unpaired) electrons. The molecule has 1 amide bonds. The molecule has 0 aromatic heterocycles. The minimum Gasteiger partial charge on any atom is -0.466 e. The Morgan fingerprint density at radius 3 is 0.951 bits per heavy atom. The molecule has 0 aliphatic rings. The van der Waals surface area contributed by atoms with Crippen molar-refractivity contribution >= 4 is 11.9 Å². The molecule has 0 aliphatic carbocycles. The molecule has 0 fully saturated rings. The molecule has 0 aromatic rings. The molecule has 0 rings (SSSR count). The fourth-order valence-electron chi connectivity index (χ4n) is 12.0. The molecule has 0 spiro atoms. The number of allylic oxidation sites excluding steroid dienone is 4. The second kappa shape index (κ2) is 71.8. The number of esters is 1. The maximum atomic E-state index is 12.5. The van der Waals surface area contributed by atoms with Crippen molar-refractivity contribution in [3.05, 3.63) is 24.3 Å². The van der Waals surface area contributed by atoms with Gasteiger partial charge in [-0.1, -0.05) is 378 Å². The second-order valence-corrected chi connectivity index (χ2v) is 26.0. The van der Waals surface area contributed by atoms with Gasteiger partial charge in [-0.05, 0) is 57.8 Å². The van der Waals surface area contributed by atoms with Crippen molar-refractivity contribution in [2.75, 3.05) is 13.2 Å². The highest BCUT2D eigenvalue weighted by molar-refractivity contribution is 5.76. The van der Waals surface area contributed by atoms with Gasteiger partial charge in [-0.2, -0.15) is 0 Å². The van der Waals surface area contributed by atoms with E-state index in [-0.39, 0.29) is 18.5 Å². The van der Waals surface area contributed by atoms with E-state index in [1.807, 2.05) is 0 Å². The van der Waals surface area contributed by atoms with Gasteiger partial charge >= 0.3 is 5.97 Å². The third kappa shape index (κ3) is 67.5. The van der Waals surface area contributed by atoms with Crippen LogP contribution in [0.4, 0.5) is 0 Å². The summed E-state index contributed by atoms with van der Waals surface area (Å²) in [5.74, 6) is -0.0130. The largest absolute Gasteiger partial charge is 0.466 e. The summed E-state index contributed by atoms with van der Waals surface area (Å²) in [5, 5.41) is 23.4. The van der Waals surface area contributed by atoms with Crippen molar-refractivity contribution < 1.29 is 24.5 Å². The van der Waals surface area contributed by atoms with E-state index in [0.717, 1.165) is 51.4 Å². The van der Waals surface area contributed by atoms with Crippen LogP contribution in [0.5, 0.6) is 0 Å². The Labute approximate surface area is 513 Å². The van der Waals surface area contributed by atoms with E-state index < -0.39 is 12.1 Å². The lowest BCUT2D eigenvalue weighted by Gasteiger charge is -2.22. The predicted molar refractivity (Wildman–Crippen MR) is 361 cm³/mol. The molecule has 3 N–H and O–H groups in total. The van der Waals surface area contributed by atoms with Crippen LogP contribution in [0.3, 0.4) is 0 Å². The van der Waals surface area contributed by atoms with Crippen LogP contribution in [0.2, 0.25) is 0 Å². The number of hydrogen-bond acceptors (Lipinski definition) is 5. The first-order valence-electron chi connectivity index (χ1n) is 37.6. The highest BCUT2D eigenvalue weighted by atomic mass is 16.5. The van der Waals surface area contributed by atoms with Crippen LogP contribution in [0.15, 0.2) is 24.3 Å². The summed E-state index contributed by atoms with van der Waals surface area (Å²) < 4.78 is 5.50. The van der Waals surface area contributed by atoms with E-state index in [0.29, 0.717) is 25.9 Å². The van der Waals surface area contributed by atoms with Gasteiger partial charge in [-0.15, -0.1) is 0 Å². The number of hydrogen-bond donors (Lipinski definition) is 3. The van der Waals surface area contributed by atoms with Gasteiger partial charge in [0.25, 0.3) is 0 Å². The summed E-state index contributed by atoms with van der Waals surface area (Å²) in [7, 11) is 0. The van der Waals surface area contributed by atoms with Crippen LogP contribution in [-0.4, -0.2) is 47.4 Å². The van der Waals surface area contributed by atoms with Crippen molar-refractivity contribution in [3.8, 4) is 0 Å². The molecule has 0 saturated carbocycles. The zero-order valence-electron chi connectivity index (χ0n) is 55.8. The first-order valence-corrected chi connectivity index (χ1v) is 37.6. The van der Waals surface area contributed by atoms with E-state index in [4.69, 9.17) is 4.74 Å². The molecule has 6 nitrogen and oxygen atoms in total.